The number of hydrogen-bond donors (Lipinski definition) is 0. The molecular formula is C27H28N2O4S. The predicted octanol–water partition coefficient (Wildman–Crippen LogP) is 5.14. The lowest BCUT2D eigenvalue weighted by Gasteiger charge is -2.35. The zero-order valence-electron chi connectivity index (χ0n) is 19.5. The van der Waals surface area contributed by atoms with E-state index in [1.165, 1.54) is 5.56 Å². The van der Waals surface area contributed by atoms with Crippen molar-refractivity contribution in [3.05, 3.63) is 58.6 Å². The minimum atomic E-state index is -0.0189. The number of anilines is 1. The molecule has 1 aromatic heterocycles. The molecule has 2 aromatic carbocycles. The van der Waals surface area contributed by atoms with E-state index < -0.39 is 0 Å². The average molecular weight is 477 g/mol. The van der Waals surface area contributed by atoms with Crippen LogP contribution in [0.3, 0.4) is 0 Å². The van der Waals surface area contributed by atoms with Gasteiger partial charge in [0.2, 0.25) is 6.79 Å². The van der Waals surface area contributed by atoms with Crippen molar-refractivity contribution in [1.29, 1.82) is 0 Å². The minimum absolute atomic E-state index is 0.0189. The number of nitrogens with zero attached hydrogens (tertiary/aromatic N) is 2. The van der Waals surface area contributed by atoms with Gasteiger partial charge in [0.05, 0.1) is 29.8 Å². The summed E-state index contributed by atoms with van der Waals surface area (Å²) in [5.41, 5.74) is 4.45. The van der Waals surface area contributed by atoms with E-state index in [1.54, 1.807) is 11.3 Å². The molecule has 0 unspecified atom stereocenters. The van der Waals surface area contributed by atoms with Crippen molar-refractivity contribution in [3.63, 3.8) is 0 Å². The Kier molecular flexibility index (Phi) is 5.34. The van der Waals surface area contributed by atoms with Crippen LogP contribution in [-0.4, -0.2) is 43.4 Å². The Hall–Kier alpha value is -2.90. The quantitative estimate of drug-likeness (QED) is 0.520. The van der Waals surface area contributed by atoms with Crippen molar-refractivity contribution >= 4 is 22.3 Å². The summed E-state index contributed by atoms with van der Waals surface area (Å²) in [5, 5.41) is 0.955. The van der Waals surface area contributed by atoms with Gasteiger partial charge >= 0.3 is 0 Å². The third-order valence-electron chi connectivity index (χ3n) is 6.80. The van der Waals surface area contributed by atoms with Crippen molar-refractivity contribution in [1.82, 2.24) is 4.98 Å². The van der Waals surface area contributed by atoms with Gasteiger partial charge in [-0.05, 0) is 47.1 Å². The maximum Gasteiger partial charge on any atom is 0.231 e. The first-order valence-electron chi connectivity index (χ1n) is 11.8. The van der Waals surface area contributed by atoms with E-state index >= 15 is 0 Å². The Balaban J connectivity index is 1.25. The van der Waals surface area contributed by atoms with Gasteiger partial charge in [-0.25, -0.2) is 4.98 Å². The second-order valence-corrected chi connectivity index (χ2v) is 11.1. The van der Waals surface area contributed by atoms with Gasteiger partial charge in [0.25, 0.3) is 0 Å². The van der Waals surface area contributed by atoms with Crippen LogP contribution in [-0.2, 0) is 17.6 Å². The van der Waals surface area contributed by atoms with Gasteiger partial charge in [-0.3, -0.25) is 4.79 Å². The van der Waals surface area contributed by atoms with Crippen LogP contribution in [0, 0.1) is 5.41 Å². The monoisotopic (exact) mass is 476 g/mol. The number of fused-ring (bicyclic) bond motifs is 2. The molecule has 0 spiro atoms. The van der Waals surface area contributed by atoms with Crippen LogP contribution in [0.5, 0.6) is 11.5 Å². The zero-order valence-corrected chi connectivity index (χ0v) is 20.3. The van der Waals surface area contributed by atoms with Crippen LogP contribution in [0.4, 0.5) is 5.13 Å². The van der Waals surface area contributed by atoms with E-state index in [9.17, 15) is 4.79 Å². The number of ketones is 1. The van der Waals surface area contributed by atoms with Crippen molar-refractivity contribution in [2.75, 3.05) is 31.5 Å². The molecular weight excluding hydrogens is 448 g/mol. The van der Waals surface area contributed by atoms with Crippen LogP contribution < -0.4 is 14.4 Å². The summed E-state index contributed by atoms with van der Waals surface area (Å²) in [4.78, 5) is 20.9. The number of aromatic nitrogens is 1. The van der Waals surface area contributed by atoms with Crippen LogP contribution >= 0.6 is 11.3 Å². The van der Waals surface area contributed by atoms with Gasteiger partial charge in [0.1, 0.15) is 0 Å². The SMILES string of the molecule is CC1(C)CC(=O)c2sc(N3CCOC[C@@H]3Cc3cccc(-c4ccc5c(c4)OCO5)c3)nc2C1. The molecule has 3 aliphatic rings. The topological polar surface area (TPSA) is 60.9 Å². The Labute approximate surface area is 203 Å². The van der Waals surface area contributed by atoms with Crippen LogP contribution in [0.25, 0.3) is 11.1 Å². The van der Waals surface area contributed by atoms with Crippen molar-refractivity contribution in [2.24, 2.45) is 5.41 Å². The van der Waals surface area contributed by atoms with Crippen LogP contribution in [0.2, 0.25) is 0 Å². The van der Waals surface area contributed by atoms with E-state index in [-0.39, 0.29) is 24.0 Å². The summed E-state index contributed by atoms with van der Waals surface area (Å²) in [6, 6.07) is 14.9. The average Bonchev–Trinajstić information content (AvgIpc) is 3.45. The lowest BCUT2D eigenvalue weighted by atomic mass is 9.78. The van der Waals surface area contributed by atoms with Gasteiger partial charge in [-0.1, -0.05) is 55.5 Å². The Bertz CT molecular complexity index is 1250. The highest BCUT2D eigenvalue weighted by atomic mass is 32.1. The zero-order chi connectivity index (χ0) is 23.3. The molecule has 1 atom stereocenters. The molecule has 6 nitrogen and oxygen atoms in total. The molecule has 1 fully saturated rings. The highest BCUT2D eigenvalue weighted by Crippen LogP contribution is 2.40. The number of morpholine rings is 1. The largest absolute Gasteiger partial charge is 0.454 e. The summed E-state index contributed by atoms with van der Waals surface area (Å²) < 4.78 is 16.9. The Morgan fingerprint density at radius 2 is 1.94 bits per heavy atom. The molecule has 176 valence electrons. The van der Waals surface area contributed by atoms with Crippen LogP contribution in [0.15, 0.2) is 42.5 Å². The molecule has 0 radical (unpaired) electrons. The maximum absolute atomic E-state index is 12.7. The lowest BCUT2D eigenvalue weighted by molar-refractivity contribution is 0.0915. The number of Topliss-reactive ketones (excluding diaryl/α,β-unsaturated/α-hetero) is 1. The maximum atomic E-state index is 12.7. The molecule has 1 saturated heterocycles. The normalized spacial score (nSPS) is 20.9. The van der Waals surface area contributed by atoms with E-state index in [1.807, 2.05) is 12.1 Å². The van der Waals surface area contributed by atoms with Crippen LogP contribution in [0.1, 0.15) is 41.2 Å². The van der Waals surface area contributed by atoms with E-state index in [0.29, 0.717) is 19.6 Å². The molecule has 7 heteroatoms. The molecule has 6 rings (SSSR count). The number of carbonyl (C=O) groups excluding carboxylic acids is 1. The molecule has 3 heterocycles. The molecule has 3 aromatic rings. The van der Waals surface area contributed by atoms with Crippen molar-refractivity contribution in [2.45, 2.75) is 39.2 Å². The third-order valence-corrected chi connectivity index (χ3v) is 7.98. The standard InChI is InChI=1S/C27H28N2O4S/c1-27(2)13-21-25(22(30)14-27)34-26(28-21)29-8-9-31-15-20(29)11-17-4-3-5-18(10-17)19-6-7-23-24(12-19)33-16-32-23/h3-7,10,12,20H,8-9,11,13-16H2,1-2H3/t20-/m0/s1. The number of hydrogen-bond acceptors (Lipinski definition) is 7. The summed E-state index contributed by atoms with van der Waals surface area (Å²) >= 11 is 1.56. The first-order valence-corrected chi connectivity index (χ1v) is 12.6. The fraction of sp³-hybridized carbons (Fsp3) is 0.407. The first-order chi connectivity index (χ1) is 16.4. The molecule has 0 N–H and O–H groups in total. The molecule has 1 aliphatic carbocycles. The molecule has 34 heavy (non-hydrogen) atoms. The smallest absolute Gasteiger partial charge is 0.231 e. The van der Waals surface area contributed by atoms with Gasteiger partial charge < -0.3 is 19.1 Å². The lowest BCUT2D eigenvalue weighted by Crippen LogP contribution is -2.46. The van der Waals surface area contributed by atoms with Crippen molar-refractivity contribution in [3.8, 4) is 22.6 Å². The minimum Gasteiger partial charge on any atom is -0.454 e. The second kappa shape index (κ2) is 8.40. The highest BCUT2D eigenvalue weighted by Gasteiger charge is 2.36. The summed E-state index contributed by atoms with van der Waals surface area (Å²) in [7, 11) is 0. The number of benzene rings is 2. The molecule has 0 bridgehead atoms. The number of ether oxygens (including phenoxy) is 3. The number of carbonyl (C=O) groups is 1. The summed E-state index contributed by atoms with van der Waals surface area (Å²) in [5.74, 6) is 1.82. The third kappa shape index (κ3) is 4.07. The van der Waals surface area contributed by atoms with E-state index in [2.05, 4.69) is 49.1 Å². The second-order valence-electron chi connectivity index (χ2n) is 10.1. The molecule has 0 saturated carbocycles. The number of rotatable bonds is 4. The Morgan fingerprint density at radius 3 is 2.85 bits per heavy atom. The Morgan fingerprint density at radius 1 is 1.09 bits per heavy atom. The van der Waals surface area contributed by atoms with E-state index in [0.717, 1.165) is 57.7 Å². The molecule has 2 aliphatic heterocycles. The van der Waals surface area contributed by atoms with Crippen molar-refractivity contribution < 1.29 is 19.0 Å². The fourth-order valence-electron chi connectivity index (χ4n) is 5.13. The van der Waals surface area contributed by atoms with Gasteiger partial charge in [-0.15, -0.1) is 0 Å². The van der Waals surface area contributed by atoms with Gasteiger partial charge in [-0.2, -0.15) is 0 Å². The summed E-state index contributed by atoms with van der Waals surface area (Å²) in [6.07, 6.45) is 2.31. The predicted molar refractivity (Wildman–Crippen MR) is 132 cm³/mol. The molecule has 0 amide bonds. The van der Waals surface area contributed by atoms with Gasteiger partial charge in [0, 0.05) is 13.0 Å². The fourth-order valence-corrected chi connectivity index (χ4v) is 6.25. The highest BCUT2D eigenvalue weighted by molar-refractivity contribution is 7.17. The summed E-state index contributed by atoms with van der Waals surface area (Å²) in [6.45, 7) is 6.69. The van der Waals surface area contributed by atoms with Gasteiger partial charge in [0.15, 0.2) is 22.4 Å². The van der Waals surface area contributed by atoms with E-state index in [4.69, 9.17) is 19.2 Å². The number of thiazole rings is 1. The first kappa shape index (κ1) is 21.6.